The zero-order valence-electron chi connectivity index (χ0n) is 19.4. The molecule has 0 N–H and O–H groups in total. The zero-order chi connectivity index (χ0) is 26.3. The van der Waals surface area contributed by atoms with Gasteiger partial charge in [0, 0.05) is 31.5 Å². The number of halogens is 4. The second-order valence-electron chi connectivity index (χ2n) is 8.46. The predicted octanol–water partition coefficient (Wildman–Crippen LogP) is 3.38. The SMILES string of the molecule is Fc1cc(-n2cnnn2)ccc1Oc1ncnc2c1cnn2C1CCN(c2ncc(C(F)(F)F)cn2)CC1. The minimum Gasteiger partial charge on any atom is -0.435 e. The normalized spacial score (nSPS) is 14.8. The molecule has 38 heavy (non-hydrogen) atoms. The summed E-state index contributed by atoms with van der Waals surface area (Å²) in [6.45, 7) is 1.04. The van der Waals surface area contributed by atoms with Crippen molar-refractivity contribution in [1.82, 2.24) is 49.9 Å². The number of nitrogens with zero attached hydrogens (tertiary/aromatic N) is 11. The van der Waals surface area contributed by atoms with Crippen LogP contribution in [0, 0.1) is 5.82 Å². The van der Waals surface area contributed by atoms with Gasteiger partial charge in [-0.15, -0.1) is 5.10 Å². The number of piperidine rings is 1. The van der Waals surface area contributed by atoms with Crippen LogP contribution >= 0.6 is 0 Å². The number of benzene rings is 1. The fourth-order valence-corrected chi connectivity index (χ4v) is 4.23. The molecule has 0 saturated carbocycles. The maximum absolute atomic E-state index is 14.7. The Bertz CT molecular complexity index is 1560. The Morgan fingerprint density at radius 2 is 1.76 bits per heavy atom. The Morgan fingerprint density at radius 3 is 2.45 bits per heavy atom. The molecule has 6 rings (SSSR count). The average Bonchev–Trinajstić information content (AvgIpc) is 3.61. The zero-order valence-corrected chi connectivity index (χ0v) is 19.4. The first-order chi connectivity index (χ1) is 18.4. The first-order valence-corrected chi connectivity index (χ1v) is 11.4. The molecule has 1 aliphatic rings. The minimum absolute atomic E-state index is 0.0340. The second kappa shape index (κ2) is 9.28. The Kier molecular flexibility index (Phi) is 5.77. The Balaban J connectivity index is 1.17. The van der Waals surface area contributed by atoms with Crippen molar-refractivity contribution in [3.63, 3.8) is 0 Å². The van der Waals surface area contributed by atoms with E-state index in [0.29, 0.717) is 42.7 Å². The lowest BCUT2D eigenvalue weighted by atomic mass is 10.1. The summed E-state index contributed by atoms with van der Waals surface area (Å²) in [4.78, 5) is 18.1. The number of ether oxygens (including phenoxy) is 1. The molecule has 1 fully saturated rings. The van der Waals surface area contributed by atoms with Gasteiger partial charge in [-0.1, -0.05) is 0 Å². The van der Waals surface area contributed by atoms with E-state index < -0.39 is 17.6 Å². The third-order valence-electron chi connectivity index (χ3n) is 6.15. The van der Waals surface area contributed by atoms with Gasteiger partial charge >= 0.3 is 6.18 Å². The molecular weight excluding hydrogens is 510 g/mol. The highest BCUT2D eigenvalue weighted by Gasteiger charge is 2.32. The van der Waals surface area contributed by atoms with Crippen LogP contribution in [0.2, 0.25) is 0 Å². The van der Waals surface area contributed by atoms with Crippen molar-refractivity contribution in [2.24, 2.45) is 0 Å². The van der Waals surface area contributed by atoms with E-state index in [2.05, 4.69) is 40.6 Å². The van der Waals surface area contributed by atoms with Gasteiger partial charge in [0.15, 0.2) is 17.2 Å². The third kappa shape index (κ3) is 4.44. The number of alkyl halides is 3. The molecule has 0 amide bonds. The van der Waals surface area contributed by atoms with Crippen LogP contribution in [-0.2, 0) is 6.18 Å². The van der Waals surface area contributed by atoms with E-state index in [1.54, 1.807) is 16.9 Å². The molecule has 0 bridgehead atoms. The van der Waals surface area contributed by atoms with E-state index in [1.807, 2.05) is 4.90 Å². The molecule has 1 aromatic carbocycles. The van der Waals surface area contributed by atoms with Crippen LogP contribution in [-0.4, -0.2) is 63.0 Å². The standard InChI is InChI=1S/C22H17F4N11O/c23-17-7-15(36-12-31-33-34-36)1-2-18(17)38-20-16-10-32-37(19(16)29-11-30-20)14-3-5-35(6-4-14)21-27-8-13(9-28-21)22(24,25)26/h1-2,7-12,14H,3-6H2. The molecule has 5 heterocycles. The van der Waals surface area contributed by atoms with Gasteiger partial charge in [0.1, 0.15) is 18.0 Å². The molecule has 194 valence electrons. The van der Waals surface area contributed by atoms with Crippen molar-refractivity contribution < 1.29 is 22.3 Å². The first kappa shape index (κ1) is 23.6. The highest BCUT2D eigenvalue weighted by atomic mass is 19.4. The number of anilines is 1. The lowest BCUT2D eigenvalue weighted by Crippen LogP contribution is -2.36. The molecule has 16 heteroatoms. The summed E-state index contributed by atoms with van der Waals surface area (Å²) in [7, 11) is 0. The molecule has 1 saturated heterocycles. The summed E-state index contributed by atoms with van der Waals surface area (Å²) in [5, 5.41) is 15.8. The summed E-state index contributed by atoms with van der Waals surface area (Å²) in [5.41, 5.74) is 0.0543. The lowest BCUT2D eigenvalue weighted by Gasteiger charge is -2.32. The number of rotatable bonds is 5. The predicted molar refractivity (Wildman–Crippen MR) is 122 cm³/mol. The van der Waals surface area contributed by atoms with Crippen LogP contribution in [0.5, 0.6) is 11.6 Å². The summed E-state index contributed by atoms with van der Waals surface area (Å²) >= 11 is 0. The summed E-state index contributed by atoms with van der Waals surface area (Å²) in [5.74, 6) is -0.284. The van der Waals surface area contributed by atoms with Gasteiger partial charge in [0.25, 0.3) is 0 Å². The highest BCUT2D eigenvalue weighted by molar-refractivity contribution is 5.80. The smallest absolute Gasteiger partial charge is 0.419 e. The fourth-order valence-electron chi connectivity index (χ4n) is 4.23. The van der Waals surface area contributed by atoms with E-state index in [1.165, 1.54) is 29.5 Å². The third-order valence-corrected chi connectivity index (χ3v) is 6.15. The molecule has 12 nitrogen and oxygen atoms in total. The number of hydrogen-bond donors (Lipinski definition) is 0. The number of tetrazole rings is 1. The van der Waals surface area contributed by atoms with Crippen molar-refractivity contribution >= 4 is 17.0 Å². The molecule has 5 aromatic rings. The molecule has 0 aliphatic carbocycles. The Hall–Kier alpha value is -4.76. The summed E-state index contributed by atoms with van der Waals surface area (Å²) in [6.07, 6.45) is 2.58. The summed E-state index contributed by atoms with van der Waals surface area (Å²) < 4.78 is 61.9. The van der Waals surface area contributed by atoms with E-state index in [-0.39, 0.29) is 23.6 Å². The molecular formula is C22H17F4N11O. The van der Waals surface area contributed by atoms with E-state index in [9.17, 15) is 17.6 Å². The van der Waals surface area contributed by atoms with Crippen molar-refractivity contribution in [3.05, 3.63) is 60.8 Å². The first-order valence-electron chi connectivity index (χ1n) is 11.4. The molecule has 0 radical (unpaired) electrons. The van der Waals surface area contributed by atoms with Gasteiger partial charge in [-0.25, -0.2) is 33.7 Å². The molecule has 0 atom stereocenters. The van der Waals surface area contributed by atoms with Crippen molar-refractivity contribution in [3.8, 4) is 17.3 Å². The molecule has 4 aromatic heterocycles. The molecule has 1 aliphatic heterocycles. The van der Waals surface area contributed by atoms with Gasteiger partial charge in [0.2, 0.25) is 11.8 Å². The van der Waals surface area contributed by atoms with Crippen LogP contribution in [0.25, 0.3) is 16.7 Å². The maximum atomic E-state index is 14.7. The van der Waals surface area contributed by atoms with Crippen LogP contribution in [0.1, 0.15) is 24.4 Å². The number of aromatic nitrogens is 10. The van der Waals surface area contributed by atoms with Gasteiger partial charge < -0.3 is 9.64 Å². The van der Waals surface area contributed by atoms with Crippen LogP contribution in [0.3, 0.4) is 0 Å². The van der Waals surface area contributed by atoms with Crippen molar-refractivity contribution in [2.75, 3.05) is 18.0 Å². The Morgan fingerprint density at radius 1 is 0.974 bits per heavy atom. The lowest BCUT2D eigenvalue weighted by molar-refractivity contribution is -0.138. The number of fused-ring (bicyclic) bond motifs is 1. The second-order valence-corrected chi connectivity index (χ2v) is 8.46. The number of hydrogen-bond acceptors (Lipinski definition) is 10. The Labute approximate surface area is 210 Å². The van der Waals surface area contributed by atoms with Gasteiger partial charge in [-0.3, -0.25) is 0 Å². The maximum Gasteiger partial charge on any atom is 0.419 e. The van der Waals surface area contributed by atoms with Crippen LogP contribution in [0.15, 0.2) is 49.4 Å². The van der Waals surface area contributed by atoms with E-state index in [0.717, 1.165) is 12.4 Å². The van der Waals surface area contributed by atoms with Crippen LogP contribution in [0.4, 0.5) is 23.5 Å². The van der Waals surface area contributed by atoms with Crippen LogP contribution < -0.4 is 9.64 Å². The average molecular weight is 527 g/mol. The fraction of sp³-hybridized carbons (Fsp3) is 0.273. The largest absolute Gasteiger partial charge is 0.435 e. The quantitative estimate of drug-likeness (QED) is 0.314. The summed E-state index contributed by atoms with van der Waals surface area (Å²) in [6, 6.07) is 4.25. The molecule has 0 unspecified atom stereocenters. The highest BCUT2D eigenvalue weighted by Crippen LogP contribution is 2.33. The monoisotopic (exact) mass is 527 g/mol. The van der Waals surface area contributed by atoms with E-state index in [4.69, 9.17) is 4.74 Å². The van der Waals surface area contributed by atoms with Gasteiger partial charge in [-0.2, -0.15) is 18.3 Å². The molecule has 0 spiro atoms. The van der Waals surface area contributed by atoms with Gasteiger partial charge in [0.05, 0.1) is 23.5 Å². The van der Waals surface area contributed by atoms with Gasteiger partial charge in [-0.05, 0) is 35.4 Å². The van der Waals surface area contributed by atoms with Crippen molar-refractivity contribution in [2.45, 2.75) is 25.1 Å². The van der Waals surface area contributed by atoms with Crippen molar-refractivity contribution in [1.29, 1.82) is 0 Å². The van der Waals surface area contributed by atoms with E-state index >= 15 is 0 Å². The minimum atomic E-state index is -4.48. The topological polar surface area (TPSA) is 125 Å².